The fourth-order valence-electron chi connectivity index (χ4n) is 4.72. The molecule has 3 aromatic rings. The fraction of sp³-hybridized carbons (Fsp3) is 0.320. The van der Waals surface area contributed by atoms with Crippen LogP contribution in [-0.4, -0.2) is 69.3 Å². The van der Waals surface area contributed by atoms with Crippen molar-refractivity contribution >= 4 is 5.91 Å². The van der Waals surface area contributed by atoms with Gasteiger partial charge in [0.15, 0.2) is 6.61 Å². The smallest absolute Gasteiger partial charge is 0.425 e. The number of hydrogen-bond acceptors (Lipinski definition) is 5. The van der Waals surface area contributed by atoms with Crippen LogP contribution in [0.4, 0.5) is 13.2 Å². The van der Waals surface area contributed by atoms with Crippen molar-refractivity contribution in [2.45, 2.75) is 24.4 Å². The molecule has 3 N–H and O–H groups in total. The Labute approximate surface area is 198 Å². The standard InChI is InChI=1S/C25H23F3N2O5/c26-25(27,28)24(34)20-4-2-1-3-18(20)23-19(15-5-6-29(11-15)7-8-31)9-17(10-21(23)24)35-14-22(33)30-12-16(32)13-30/h1-6,9-11,16,31-32,34H,7-8,12-14H2. The maximum atomic E-state index is 14.4. The van der Waals surface area contributed by atoms with Gasteiger partial charge in [0.05, 0.1) is 12.7 Å². The minimum atomic E-state index is -5.02. The molecular formula is C25H23F3N2O5. The quantitative estimate of drug-likeness (QED) is 0.496. The Hall–Kier alpha value is -3.34. The van der Waals surface area contributed by atoms with Gasteiger partial charge in [-0.1, -0.05) is 24.3 Å². The molecule has 1 aliphatic heterocycles. The molecule has 1 atom stereocenters. The van der Waals surface area contributed by atoms with Crippen molar-refractivity contribution in [1.82, 2.24) is 9.47 Å². The summed E-state index contributed by atoms with van der Waals surface area (Å²) in [5.74, 6) is -0.403. The second kappa shape index (κ2) is 8.40. The summed E-state index contributed by atoms with van der Waals surface area (Å²) < 4.78 is 50.4. The Morgan fingerprint density at radius 1 is 1.11 bits per heavy atom. The first-order chi connectivity index (χ1) is 16.6. The van der Waals surface area contributed by atoms with Crippen LogP contribution < -0.4 is 4.74 Å². The van der Waals surface area contributed by atoms with Crippen LogP contribution in [0.1, 0.15) is 11.1 Å². The molecule has 2 aromatic carbocycles. The van der Waals surface area contributed by atoms with Crippen molar-refractivity contribution in [3.63, 3.8) is 0 Å². The molecule has 0 radical (unpaired) electrons. The summed E-state index contributed by atoms with van der Waals surface area (Å²) in [7, 11) is 0. The number of hydrogen-bond donors (Lipinski definition) is 3. The van der Waals surface area contributed by atoms with Gasteiger partial charge in [-0.05, 0) is 34.9 Å². The minimum absolute atomic E-state index is 0.00133. The van der Waals surface area contributed by atoms with Crippen molar-refractivity contribution in [1.29, 1.82) is 0 Å². The van der Waals surface area contributed by atoms with Gasteiger partial charge in [0.2, 0.25) is 5.60 Å². The molecular weight excluding hydrogens is 465 g/mol. The summed E-state index contributed by atoms with van der Waals surface area (Å²) in [5, 5.41) is 29.8. The van der Waals surface area contributed by atoms with Crippen molar-refractivity contribution in [2.75, 3.05) is 26.3 Å². The third-order valence-electron chi connectivity index (χ3n) is 6.50. The zero-order chi connectivity index (χ0) is 25.0. The predicted molar refractivity (Wildman–Crippen MR) is 120 cm³/mol. The first kappa shape index (κ1) is 23.4. The highest BCUT2D eigenvalue weighted by Crippen LogP contribution is 2.58. The van der Waals surface area contributed by atoms with Crippen LogP contribution in [0.5, 0.6) is 5.75 Å². The number of rotatable bonds is 6. The van der Waals surface area contributed by atoms with E-state index in [0.717, 1.165) is 6.07 Å². The third-order valence-corrected chi connectivity index (χ3v) is 6.50. The molecule has 5 rings (SSSR count). The number of fused-ring (bicyclic) bond motifs is 3. The molecule has 10 heteroatoms. The van der Waals surface area contributed by atoms with Gasteiger partial charge >= 0.3 is 6.18 Å². The largest absolute Gasteiger partial charge is 0.484 e. The maximum absolute atomic E-state index is 14.4. The fourth-order valence-corrected chi connectivity index (χ4v) is 4.72. The third kappa shape index (κ3) is 3.78. The van der Waals surface area contributed by atoms with E-state index in [2.05, 4.69) is 0 Å². The number of benzene rings is 2. The number of carbonyl (C=O) groups is 1. The highest BCUT2D eigenvalue weighted by molar-refractivity contribution is 5.93. The maximum Gasteiger partial charge on any atom is 0.425 e. The lowest BCUT2D eigenvalue weighted by Gasteiger charge is -2.35. The topological polar surface area (TPSA) is 95.2 Å². The number of halogens is 3. The number of aliphatic hydroxyl groups excluding tert-OH is 2. The van der Waals surface area contributed by atoms with Gasteiger partial charge in [-0.25, -0.2) is 0 Å². The van der Waals surface area contributed by atoms with Gasteiger partial charge in [-0.3, -0.25) is 4.79 Å². The lowest BCUT2D eigenvalue weighted by molar-refractivity contribution is -0.246. The van der Waals surface area contributed by atoms with Gasteiger partial charge in [-0.2, -0.15) is 13.2 Å². The van der Waals surface area contributed by atoms with Crippen LogP contribution >= 0.6 is 0 Å². The van der Waals surface area contributed by atoms with Crippen molar-refractivity contribution < 1.29 is 38.0 Å². The Kier molecular flexibility index (Phi) is 5.62. The van der Waals surface area contributed by atoms with E-state index in [9.17, 15) is 33.3 Å². The zero-order valence-corrected chi connectivity index (χ0v) is 18.5. The highest BCUT2D eigenvalue weighted by Gasteiger charge is 2.61. The molecule has 2 aliphatic rings. The summed E-state index contributed by atoms with van der Waals surface area (Å²) in [6, 6.07) is 10.2. The van der Waals surface area contributed by atoms with Crippen LogP contribution in [0.15, 0.2) is 54.9 Å². The molecule has 35 heavy (non-hydrogen) atoms. The normalized spacial score (nSPS) is 19.3. The Morgan fingerprint density at radius 3 is 2.54 bits per heavy atom. The number of aliphatic hydroxyl groups is 3. The number of ether oxygens (including phenoxy) is 1. The number of likely N-dealkylation sites (tertiary alicyclic amines) is 1. The van der Waals surface area contributed by atoms with Crippen molar-refractivity contribution in [3.8, 4) is 28.0 Å². The van der Waals surface area contributed by atoms with Crippen molar-refractivity contribution in [2.24, 2.45) is 0 Å². The van der Waals surface area contributed by atoms with Crippen LogP contribution in [-0.2, 0) is 16.9 Å². The SMILES string of the molecule is O=C(COc1cc(-c2ccn(CCO)c2)c2c(c1)C(O)(C(F)(F)F)c1ccccc1-2)N1CC(O)C1. The van der Waals surface area contributed by atoms with E-state index < -0.39 is 30.4 Å². The van der Waals surface area contributed by atoms with Crippen LogP contribution in [0.3, 0.4) is 0 Å². The van der Waals surface area contributed by atoms with Gasteiger partial charge in [-0.15, -0.1) is 0 Å². The zero-order valence-electron chi connectivity index (χ0n) is 18.5. The van der Waals surface area contributed by atoms with E-state index in [1.165, 1.54) is 23.1 Å². The first-order valence-electron chi connectivity index (χ1n) is 11.1. The molecule has 1 aromatic heterocycles. The molecule has 0 bridgehead atoms. The average Bonchev–Trinajstić information content (AvgIpc) is 3.37. The number of amides is 1. The number of β-amino-alcohol motifs (C(OH)–C–C–N with tert-alkyl or cyclic N) is 1. The van der Waals surface area contributed by atoms with E-state index in [1.54, 1.807) is 35.2 Å². The van der Waals surface area contributed by atoms with E-state index in [0.29, 0.717) is 17.7 Å². The summed E-state index contributed by atoms with van der Waals surface area (Å²) in [6.07, 6.45) is -2.22. The van der Waals surface area contributed by atoms with Gasteiger partial charge in [0, 0.05) is 48.7 Å². The molecule has 7 nitrogen and oxygen atoms in total. The molecule has 1 aliphatic carbocycles. The summed E-state index contributed by atoms with van der Waals surface area (Å²) >= 11 is 0. The number of nitrogens with zero attached hydrogens (tertiary/aromatic N) is 2. The number of alkyl halides is 3. The van der Waals surface area contributed by atoms with Gasteiger partial charge < -0.3 is 29.5 Å². The molecule has 0 spiro atoms. The van der Waals surface area contributed by atoms with Crippen LogP contribution in [0, 0.1) is 0 Å². The van der Waals surface area contributed by atoms with E-state index >= 15 is 0 Å². The van der Waals surface area contributed by atoms with Crippen molar-refractivity contribution in [3.05, 3.63) is 66.0 Å². The molecule has 1 fully saturated rings. The summed E-state index contributed by atoms with van der Waals surface area (Å²) in [4.78, 5) is 13.7. The molecule has 2 heterocycles. The Bertz CT molecular complexity index is 1280. The summed E-state index contributed by atoms with van der Waals surface area (Å²) in [5.41, 5.74) is -2.46. The predicted octanol–water partition coefficient (Wildman–Crippen LogP) is 2.51. The van der Waals surface area contributed by atoms with Gasteiger partial charge in [0.25, 0.3) is 5.91 Å². The Balaban J connectivity index is 1.63. The van der Waals surface area contributed by atoms with E-state index in [4.69, 9.17) is 4.74 Å². The van der Waals surface area contributed by atoms with E-state index in [-0.39, 0.29) is 47.7 Å². The lowest BCUT2D eigenvalue weighted by Crippen LogP contribution is -2.54. The molecule has 1 amide bonds. The van der Waals surface area contributed by atoms with Crippen LogP contribution in [0.25, 0.3) is 22.3 Å². The Morgan fingerprint density at radius 2 is 1.86 bits per heavy atom. The molecule has 0 saturated carbocycles. The van der Waals surface area contributed by atoms with E-state index in [1.807, 2.05) is 0 Å². The molecule has 1 saturated heterocycles. The lowest BCUT2D eigenvalue weighted by atomic mass is 9.89. The minimum Gasteiger partial charge on any atom is -0.484 e. The highest BCUT2D eigenvalue weighted by atomic mass is 19.4. The second-order valence-corrected chi connectivity index (χ2v) is 8.75. The second-order valence-electron chi connectivity index (χ2n) is 8.75. The molecule has 1 unspecified atom stereocenters. The average molecular weight is 488 g/mol. The number of carbonyl (C=O) groups excluding carboxylic acids is 1. The molecule has 184 valence electrons. The monoisotopic (exact) mass is 488 g/mol. The van der Waals surface area contributed by atoms with Crippen LogP contribution in [0.2, 0.25) is 0 Å². The van der Waals surface area contributed by atoms with Gasteiger partial charge in [0.1, 0.15) is 5.75 Å². The first-order valence-corrected chi connectivity index (χ1v) is 11.1. The number of aromatic nitrogens is 1. The summed E-state index contributed by atoms with van der Waals surface area (Å²) in [6.45, 7) is 0.128.